The van der Waals surface area contributed by atoms with Gasteiger partial charge in [-0.05, 0) is 42.5 Å². The van der Waals surface area contributed by atoms with Gasteiger partial charge in [0.2, 0.25) is 0 Å². The molecule has 1 unspecified atom stereocenters. The van der Waals surface area contributed by atoms with Crippen LogP contribution in [0.2, 0.25) is 0 Å². The molecule has 3 nitrogen and oxygen atoms in total. The summed E-state index contributed by atoms with van der Waals surface area (Å²) in [4.78, 5) is 0. The Hall–Kier alpha value is -1.61. The van der Waals surface area contributed by atoms with Crippen molar-refractivity contribution in [3.05, 3.63) is 41.2 Å². The lowest BCUT2D eigenvalue weighted by Gasteiger charge is -2.12. The fourth-order valence-corrected chi connectivity index (χ4v) is 3.28. The van der Waals surface area contributed by atoms with Crippen LogP contribution in [0.25, 0.3) is 11.1 Å². The highest BCUT2D eigenvalue weighted by Crippen LogP contribution is 2.34. The van der Waals surface area contributed by atoms with Crippen molar-refractivity contribution in [2.75, 3.05) is 6.54 Å². The highest BCUT2D eigenvalue weighted by Gasteiger charge is 2.22. The summed E-state index contributed by atoms with van der Waals surface area (Å²) in [5.74, 6) is 0. The lowest BCUT2D eigenvalue weighted by molar-refractivity contribution is 0.549. The molecule has 1 aliphatic rings. The third-order valence-electron chi connectivity index (χ3n) is 4.22. The molecule has 0 spiro atoms. The third-order valence-corrected chi connectivity index (χ3v) is 4.22. The van der Waals surface area contributed by atoms with Crippen molar-refractivity contribution in [3.8, 4) is 11.1 Å². The number of rotatable bonds is 4. The fourth-order valence-electron chi connectivity index (χ4n) is 3.28. The smallest absolute Gasteiger partial charge is 0.0700 e. The summed E-state index contributed by atoms with van der Waals surface area (Å²) in [6.07, 6.45) is 5.52. The maximum atomic E-state index is 4.55. The van der Waals surface area contributed by atoms with Crippen LogP contribution in [0.5, 0.6) is 0 Å². The predicted octanol–water partition coefficient (Wildman–Crippen LogP) is 3.25. The van der Waals surface area contributed by atoms with Crippen LogP contribution in [-0.4, -0.2) is 16.3 Å². The van der Waals surface area contributed by atoms with Crippen LogP contribution < -0.4 is 5.32 Å². The van der Waals surface area contributed by atoms with E-state index in [1.165, 1.54) is 40.8 Å². The van der Waals surface area contributed by atoms with Crippen LogP contribution in [0.1, 0.15) is 43.1 Å². The van der Waals surface area contributed by atoms with E-state index in [2.05, 4.69) is 48.7 Å². The third kappa shape index (κ3) is 2.27. The molecule has 1 aromatic carbocycles. The Bertz CT molecular complexity index is 613. The molecule has 2 aromatic rings. The minimum absolute atomic E-state index is 0.545. The van der Waals surface area contributed by atoms with E-state index in [0.29, 0.717) is 6.04 Å². The van der Waals surface area contributed by atoms with Crippen LogP contribution in [-0.2, 0) is 19.9 Å². The Balaban J connectivity index is 1.97. The van der Waals surface area contributed by atoms with Gasteiger partial charge in [-0.2, -0.15) is 5.10 Å². The first-order chi connectivity index (χ1) is 9.72. The van der Waals surface area contributed by atoms with E-state index in [4.69, 9.17) is 0 Å². The maximum Gasteiger partial charge on any atom is 0.0700 e. The second-order valence-electron chi connectivity index (χ2n) is 5.58. The van der Waals surface area contributed by atoms with E-state index in [-0.39, 0.29) is 0 Å². The zero-order valence-electron chi connectivity index (χ0n) is 12.6. The highest BCUT2D eigenvalue weighted by molar-refractivity contribution is 5.67. The quantitative estimate of drug-likeness (QED) is 0.923. The monoisotopic (exact) mass is 269 g/mol. The van der Waals surface area contributed by atoms with Gasteiger partial charge >= 0.3 is 0 Å². The molecular formula is C17H23N3. The van der Waals surface area contributed by atoms with Gasteiger partial charge in [-0.15, -0.1) is 0 Å². The molecule has 106 valence electrons. The molecular weight excluding hydrogens is 246 g/mol. The number of aromatic nitrogens is 2. The zero-order chi connectivity index (χ0) is 14.1. The molecule has 3 heteroatoms. The van der Waals surface area contributed by atoms with Crippen LogP contribution in [0.4, 0.5) is 0 Å². The molecule has 0 fully saturated rings. The number of aryl methyl sites for hydroxylation is 3. The van der Waals surface area contributed by atoms with Gasteiger partial charge in [0.25, 0.3) is 0 Å². The zero-order valence-corrected chi connectivity index (χ0v) is 12.6. The largest absolute Gasteiger partial charge is 0.310 e. The number of hydrogen-bond donors (Lipinski definition) is 1. The van der Waals surface area contributed by atoms with E-state index < -0.39 is 0 Å². The average molecular weight is 269 g/mol. The number of benzene rings is 1. The molecule has 0 saturated heterocycles. The van der Waals surface area contributed by atoms with Gasteiger partial charge in [-0.3, -0.25) is 4.68 Å². The van der Waals surface area contributed by atoms with Gasteiger partial charge in [-0.1, -0.05) is 32.0 Å². The topological polar surface area (TPSA) is 29.9 Å². The minimum Gasteiger partial charge on any atom is -0.310 e. The Kier molecular flexibility index (Phi) is 3.62. The average Bonchev–Trinajstić information content (AvgIpc) is 3.02. The van der Waals surface area contributed by atoms with Crippen molar-refractivity contribution in [1.82, 2.24) is 15.1 Å². The molecule has 0 bridgehead atoms. The maximum absolute atomic E-state index is 4.55. The van der Waals surface area contributed by atoms with Gasteiger partial charge in [-0.25, -0.2) is 0 Å². The van der Waals surface area contributed by atoms with Crippen molar-refractivity contribution < 1.29 is 0 Å². The summed E-state index contributed by atoms with van der Waals surface area (Å²) in [6, 6.07) is 7.47. The summed E-state index contributed by atoms with van der Waals surface area (Å²) >= 11 is 0. The van der Waals surface area contributed by atoms with E-state index in [9.17, 15) is 0 Å². The Morgan fingerprint density at radius 3 is 2.95 bits per heavy atom. The number of nitrogens with one attached hydrogen (secondary N) is 1. The summed E-state index contributed by atoms with van der Waals surface area (Å²) in [7, 11) is 2.00. The van der Waals surface area contributed by atoms with E-state index in [1.54, 1.807) is 0 Å². The summed E-state index contributed by atoms with van der Waals surface area (Å²) in [6.45, 7) is 5.38. The summed E-state index contributed by atoms with van der Waals surface area (Å²) < 4.78 is 1.92. The normalized spacial score (nSPS) is 17.4. The van der Waals surface area contributed by atoms with Gasteiger partial charge in [0.05, 0.1) is 5.69 Å². The number of hydrogen-bond acceptors (Lipinski definition) is 2. The lowest BCUT2D eigenvalue weighted by Crippen LogP contribution is -2.18. The Labute approximate surface area is 121 Å². The molecule has 1 aromatic heterocycles. The number of nitrogens with zero attached hydrogens (tertiary/aromatic N) is 2. The first-order valence-electron chi connectivity index (χ1n) is 7.62. The Morgan fingerprint density at radius 2 is 2.20 bits per heavy atom. The SMILES string of the molecule is CCNC1CCc2cc(-c3cn(C)nc3CC)ccc21. The fraction of sp³-hybridized carbons (Fsp3) is 0.471. The molecule has 0 aliphatic heterocycles. The molecule has 1 heterocycles. The van der Waals surface area contributed by atoms with E-state index >= 15 is 0 Å². The molecule has 1 N–H and O–H groups in total. The van der Waals surface area contributed by atoms with Crippen molar-refractivity contribution in [2.45, 2.75) is 39.2 Å². The van der Waals surface area contributed by atoms with Gasteiger partial charge in [0.1, 0.15) is 0 Å². The van der Waals surface area contributed by atoms with Crippen LogP contribution in [0.3, 0.4) is 0 Å². The van der Waals surface area contributed by atoms with Gasteiger partial charge in [0, 0.05) is 24.8 Å². The van der Waals surface area contributed by atoms with Crippen LogP contribution in [0, 0.1) is 0 Å². The predicted molar refractivity (Wildman–Crippen MR) is 82.8 cm³/mol. The minimum atomic E-state index is 0.545. The lowest BCUT2D eigenvalue weighted by atomic mass is 9.99. The highest BCUT2D eigenvalue weighted by atomic mass is 15.2. The second-order valence-corrected chi connectivity index (χ2v) is 5.58. The molecule has 0 radical (unpaired) electrons. The van der Waals surface area contributed by atoms with Crippen molar-refractivity contribution in [2.24, 2.45) is 7.05 Å². The summed E-state index contributed by atoms with van der Waals surface area (Å²) in [5, 5.41) is 8.12. The van der Waals surface area contributed by atoms with E-state index in [0.717, 1.165) is 13.0 Å². The second kappa shape index (κ2) is 5.41. The number of fused-ring (bicyclic) bond motifs is 1. The van der Waals surface area contributed by atoms with E-state index in [1.807, 2.05) is 11.7 Å². The molecule has 1 atom stereocenters. The molecule has 20 heavy (non-hydrogen) atoms. The van der Waals surface area contributed by atoms with Crippen molar-refractivity contribution in [1.29, 1.82) is 0 Å². The first kappa shape index (κ1) is 13.4. The molecule has 3 rings (SSSR count). The Morgan fingerprint density at radius 1 is 1.35 bits per heavy atom. The molecule has 0 saturated carbocycles. The van der Waals surface area contributed by atoms with Crippen LogP contribution >= 0.6 is 0 Å². The van der Waals surface area contributed by atoms with Gasteiger partial charge < -0.3 is 5.32 Å². The first-order valence-corrected chi connectivity index (χ1v) is 7.62. The summed E-state index contributed by atoms with van der Waals surface area (Å²) in [5.41, 5.74) is 6.76. The molecule has 0 amide bonds. The molecule has 1 aliphatic carbocycles. The standard InChI is InChI=1S/C17H23N3/c1-4-16-15(11-20(3)19-16)13-6-8-14-12(10-13)7-9-17(14)18-5-2/h6,8,10-11,17-18H,4-5,7,9H2,1-3H3. The van der Waals surface area contributed by atoms with Crippen molar-refractivity contribution in [3.63, 3.8) is 0 Å². The van der Waals surface area contributed by atoms with Crippen molar-refractivity contribution >= 4 is 0 Å². The van der Waals surface area contributed by atoms with Crippen LogP contribution in [0.15, 0.2) is 24.4 Å². The van der Waals surface area contributed by atoms with Gasteiger partial charge in [0.15, 0.2) is 0 Å².